The average Bonchev–Trinajstić information content (AvgIpc) is 2.82. The van der Waals surface area contributed by atoms with Crippen LogP contribution in [0.4, 0.5) is 5.69 Å². The van der Waals surface area contributed by atoms with Gasteiger partial charge >= 0.3 is 5.97 Å². The molecule has 2 aromatic rings. The zero-order chi connectivity index (χ0) is 15.6. The van der Waals surface area contributed by atoms with Crippen LogP contribution in [0.2, 0.25) is 0 Å². The minimum atomic E-state index is -4.09. The molecule has 0 aliphatic rings. The van der Waals surface area contributed by atoms with Crippen LogP contribution < -0.4 is 4.72 Å². The number of carbonyl (C=O) groups is 1. The summed E-state index contributed by atoms with van der Waals surface area (Å²) in [4.78, 5) is 10.4. The number of para-hydroxylation sites is 1. The van der Waals surface area contributed by atoms with E-state index in [9.17, 15) is 13.2 Å². The van der Waals surface area contributed by atoms with E-state index in [1.165, 1.54) is 12.1 Å². The monoisotopic (exact) mass is 370 g/mol. The van der Waals surface area contributed by atoms with Gasteiger partial charge in [0.05, 0.1) is 11.3 Å². The maximum absolute atomic E-state index is 12.2. The minimum absolute atomic E-state index is 0.0879. The van der Waals surface area contributed by atoms with Crippen molar-refractivity contribution in [2.24, 2.45) is 0 Å². The summed E-state index contributed by atoms with van der Waals surface area (Å²) in [7, 11) is -4.09. The average molecular weight is 371 g/mol. The van der Waals surface area contributed by atoms with E-state index in [1.807, 2.05) is 6.07 Å². The van der Waals surface area contributed by atoms with Gasteiger partial charge in [-0.1, -0.05) is 12.1 Å². The quantitative estimate of drug-likeness (QED) is 0.852. The summed E-state index contributed by atoms with van der Waals surface area (Å²) in [6.07, 6.45) is 0. The van der Waals surface area contributed by atoms with Crippen molar-refractivity contribution in [1.82, 2.24) is 0 Å². The molecule has 0 aliphatic carbocycles. The molecular weight excluding hydrogens is 364 g/mol. The van der Waals surface area contributed by atoms with Crippen LogP contribution in [-0.2, 0) is 10.0 Å². The number of rotatable bonds is 4. The summed E-state index contributed by atoms with van der Waals surface area (Å²) in [5, 5.41) is 17.7. The molecule has 2 rings (SSSR count). The Morgan fingerprint density at radius 2 is 2.05 bits per heavy atom. The molecular formula is C12H7BrN2O5S. The summed E-state index contributed by atoms with van der Waals surface area (Å²) in [6.45, 7) is 0. The van der Waals surface area contributed by atoms with E-state index in [0.717, 1.165) is 6.07 Å². The van der Waals surface area contributed by atoms with Crippen molar-refractivity contribution in [1.29, 1.82) is 5.26 Å². The number of nitrogens with zero attached hydrogens (tertiary/aromatic N) is 1. The Morgan fingerprint density at radius 1 is 1.38 bits per heavy atom. The maximum Gasteiger partial charge on any atom is 0.371 e. The molecule has 0 spiro atoms. The molecule has 0 saturated heterocycles. The number of carboxylic acids is 1. The highest BCUT2D eigenvalue weighted by molar-refractivity contribution is 9.10. The van der Waals surface area contributed by atoms with Gasteiger partial charge < -0.3 is 9.52 Å². The molecule has 0 saturated carbocycles. The van der Waals surface area contributed by atoms with Crippen molar-refractivity contribution < 1.29 is 22.7 Å². The fourth-order valence-electron chi connectivity index (χ4n) is 1.51. The molecule has 0 bridgehead atoms. The molecule has 2 N–H and O–H groups in total. The number of nitrogens with one attached hydrogen (secondary N) is 1. The van der Waals surface area contributed by atoms with E-state index in [0.29, 0.717) is 0 Å². The number of carboxylic acid groups (broad SMARTS) is 1. The summed E-state index contributed by atoms with van der Waals surface area (Å²) in [6, 6.07) is 8.75. The summed E-state index contributed by atoms with van der Waals surface area (Å²) >= 11 is 2.86. The Morgan fingerprint density at radius 3 is 2.62 bits per heavy atom. The van der Waals surface area contributed by atoms with Crippen LogP contribution in [0.15, 0.2) is 44.3 Å². The Balaban J connectivity index is 2.44. The second kappa shape index (κ2) is 5.59. The molecule has 0 aliphatic heterocycles. The van der Waals surface area contributed by atoms with Gasteiger partial charge in [0.25, 0.3) is 10.0 Å². The molecule has 9 heteroatoms. The number of sulfonamides is 1. The molecule has 108 valence electrons. The predicted octanol–water partition coefficient (Wildman–Crippen LogP) is 2.41. The molecule has 0 unspecified atom stereocenters. The van der Waals surface area contributed by atoms with Crippen LogP contribution in [0.5, 0.6) is 0 Å². The topological polar surface area (TPSA) is 120 Å². The lowest BCUT2D eigenvalue weighted by molar-refractivity contribution is 0.0661. The third-order valence-electron chi connectivity index (χ3n) is 2.45. The number of nitriles is 1. The molecule has 21 heavy (non-hydrogen) atoms. The van der Waals surface area contributed by atoms with Crippen LogP contribution in [0, 0.1) is 11.3 Å². The van der Waals surface area contributed by atoms with Crippen LogP contribution in [0.25, 0.3) is 0 Å². The zero-order valence-electron chi connectivity index (χ0n) is 10.2. The van der Waals surface area contributed by atoms with Crippen molar-refractivity contribution in [2.75, 3.05) is 4.72 Å². The number of furan rings is 1. The molecule has 0 fully saturated rings. The van der Waals surface area contributed by atoms with Crippen LogP contribution in [0.1, 0.15) is 16.1 Å². The number of hydrogen-bond acceptors (Lipinski definition) is 5. The largest absolute Gasteiger partial charge is 0.475 e. The van der Waals surface area contributed by atoms with Gasteiger partial charge in [0.1, 0.15) is 11.0 Å². The number of hydrogen-bond donors (Lipinski definition) is 2. The summed E-state index contributed by atoms with van der Waals surface area (Å²) in [5.41, 5.74) is 0.226. The summed E-state index contributed by atoms with van der Waals surface area (Å²) in [5.74, 6) is -1.91. The molecule has 1 heterocycles. The highest BCUT2D eigenvalue weighted by atomic mass is 79.9. The highest BCUT2D eigenvalue weighted by Crippen LogP contribution is 2.28. The maximum atomic E-state index is 12.2. The summed E-state index contributed by atoms with van der Waals surface area (Å²) < 4.78 is 31.2. The van der Waals surface area contributed by atoms with E-state index in [4.69, 9.17) is 14.8 Å². The molecule has 1 aromatic heterocycles. The number of halogens is 1. The van der Waals surface area contributed by atoms with Crippen LogP contribution in [0.3, 0.4) is 0 Å². The number of aromatic carboxylic acids is 1. The van der Waals surface area contributed by atoms with E-state index in [-0.39, 0.29) is 20.8 Å². The third kappa shape index (κ3) is 3.07. The van der Waals surface area contributed by atoms with Gasteiger partial charge in [0.2, 0.25) is 5.76 Å². The lowest BCUT2D eigenvalue weighted by atomic mass is 10.2. The Hall–Kier alpha value is -2.31. The number of anilines is 1. The smallest absolute Gasteiger partial charge is 0.371 e. The highest BCUT2D eigenvalue weighted by Gasteiger charge is 2.25. The first-order valence-corrected chi connectivity index (χ1v) is 7.67. The SMILES string of the molecule is N#Cc1ccccc1NS(=O)(=O)c1cc(C(=O)O)oc1Br. The lowest BCUT2D eigenvalue weighted by Gasteiger charge is -2.07. The van der Waals surface area contributed by atoms with E-state index >= 15 is 0 Å². The fraction of sp³-hybridized carbons (Fsp3) is 0. The minimum Gasteiger partial charge on any atom is -0.475 e. The van der Waals surface area contributed by atoms with Gasteiger partial charge in [-0.25, -0.2) is 13.2 Å². The lowest BCUT2D eigenvalue weighted by Crippen LogP contribution is -2.13. The Kier molecular flexibility index (Phi) is 4.02. The van der Waals surface area contributed by atoms with Gasteiger partial charge in [0.15, 0.2) is 4.67 Å². The third-order valence-corrected chi connectivity index (χ3v) is 4.67. The van der Waals surface area contributed by atoms with Crippen molar-refractivity contribution in [3.05, 3.63) is 46.3 Å². The van der Waals surface area contributed by atoms with E-state index in [2.05, 4.69) is 20.7 Å². The van der Waals surface area contributed by atoms with Crippen LogP contribution in [-0.4, -0.2) is 19.5 Å². The van der Waals surface area contributed by atoms with E-state index < -0.39 is 21.8 Å². The van der Waals surface area contributed by atoms with Crippen molar-refractivity contribution in [3.63, 3.8) is 0 Å². The molecule has 0 atom stereocenters. The Labute approximate surface area is 128 Å². The van der Waals surface area contributed by atoms with Crippen molar-refractivity contribution in [3.8, 4) is 6.07 Å². The first-order valence-electron chi connectivity index (χ1n) is 5.39. The van der Waals surface area contributed by atoms with Crippen molar-refractivity contribution in [2.45, 2.75) is 4.90 Å². The second-order valence-electron chi connectivity index (χ2n) is 3.82. The fourth-order valence-corrected chi connectivity index (χ4v) is 3.53. The van der Waals surface area contributed by atoms with Gasteiger partial charge in [-0.3, -0.25) is 4.72 Å². The predicted molar refractivity (Wildman–Crippen MR) is 75.3 cm³/mol. The van der Waals surface area contributed by atoms with Gasteiger partial charge in [-0.2, -0.15) is 5.26 Å². The standard InChI is InChI=1S/C12H7BrN2O5S/c13-11-10(5-9(20-11)12(16)17)21(18,19)15-8-4-2-1-3-7(8)6-14/h1-5,15H,(H,16,17). The zero-order valence-corrected chi connectivity index (χ0v) is 12.6. The first kappa shape index (κ1) is 15.1. The second-order valence-corrected chi connectivity index (χ2v) is 6.19. The van der Waals surface area contributed by atoms with Gasteiger partial charge in [-0.15, -0.1) is 0 Å². The normalized spacial score (nSPS) is 10.9. The number of benzene rings is 1. The van der Waals surface area contributed by atoms with E-state index in [1.54, 1.807) is 12.1 Å². The Bertz CT molecular complexity index is 851. The van der Waals surface area contributed by atoms with Crippen molar-refractivity contribution >= 4 is 37.6 Å². The molecule has 1 aromatic carbocycles. The van der Waals surface area contributed by atoms with Gasteiger partial charge in [-0.05, 0) is 28.1 Å². The van der Waals surface area contributed by atoms with Crippen LogP contribution >= 0.6 is 15.9 Å². The van der Waals surface area contributed by atoms with Gasteiger partial charge in [0, 0.05) is 6.07 Å². The molecule has 0 radical (unpaired) electrons. The first-order chi connectivity index (χ1) is 9.85. The molecule has 0 amide bonds. The molecule has 7 nitrogen and oxygen atoms in total.